The first-order chi connectivity index (χ1) is 13.7. The van der Waals surface area contributed by atoms with Gasteiger partial charge in [-0.25, -0.2) is 9.18 Å². The molecule has 29 heavy (non-hydrogen) atoms. The summed E-state index contributed by atoms with van der Waals surface area (Å²) in [6.07, 6.45) is 3.55. The molecule has 0 bridgehead atoms. The second kappa shape index (κ2) is 9.86. The van der Waals surface area contributed by atoms with Gasteiger partial charge in [0, 0.05) is 19.6 Å². The minimum Gasteiger partial charge on any atom is -0.445 e. The highest BCUT2D eigenvalue weighted by atomic mass is 35.6. The van der Waals surface area contributed by atoms with Crippen molar-refractivity contribution in [2.24, 2.45) is 11.8 Å². The normalized spacial score (nSPS) is 23.9. The second-order valence-electron chi connectivity index (χ2n) is 7.86. The Morgan fingerprint density at radius 3 is 2.45 bits per heavy atom. The largest absolute Gasteiger partial charge is 0.445 e. The van der Waals surface area contributed by atoms with Crippen molar-refractivity contribution in [3.05, 3.63) is 48.3 Å². The Kier molecular flexibility index (Phi) is 7.71. The molecule has 0 aliphatic carbocycles. The molecule has 160 valence electrons. The monoisotopic (exact) mass is 462 g/mol. The van der Waals surface area contributed by atoms with E-state index in [-0.39, 0.29) is 18.3 Å². The molecule has 1 amide bonds. The van der Waals surface area contributed by atoms with Crippen molar-refractivity contribution in [1.82, 2.24) is 9.80 Å². The number of carbonyl (C=O) groups excluding carboxylic acids is 1. The van der Waals surface area contributed by atoms with E-state index in [2.05, 4.69) is 11.5 Å². The lowest BCUT2D eigenvalue weighted by atomic mass is 9.88. The van der Waals surface area contributed by atoms with Crippen molar-refractivity contribution in [2.45, 2.75) is 22.6 Å². The Labute approximate surface area is 186 Å². The molecule has 2 aliphatic rings. The van der Waals surface area contributed by atoms with Crippen LogP contribution in [0.3, 0.4) is 0 Å². The van der Waals surface area contributed by atoms with Crippen molar-refractivity contribution in [1.29, 1.82) is 0 Å². The van der Waals surface area contributed by atoms with Gasteiger partial charge in [-0.05, 0) is 61.4 Å². The highest BCUT2D eigenvalue weighted by molar-refractivity contribution is 6.67. The van der Waals surface area contributed by atoms with Crippen LogP contribution < -0.4 is 0 Å². The summed E-state index contributed by atoms with van der Waals surface area (Å²) in [6, 6.07) is 6.85. The molecule has 0 N–H and O–H groups in total. The summed E-state index contributed by atoms with van der Waals surface area (Å²) < 4.78 is 16.6. The molecular weight excluding hydrogens is 438 g/mol. The molecule has 2 aliphatic heterocycles. The maximum absolute atomic E-state index is 13.1. The lowest BCUT2D eigenvalue weighted by Gasteiger charge is -2.34. The summed E-state index contributed by atoms with van der Waals surface area (Å²) in [5, 5.41) is 0. The summed E-state index contributed by atoms with van der Waals surface area (Å²) >= 11 is 17.0. The number of ether oxygens (including phenoxy) is 1. The van der Waals surface area contributed by atoms with Gasteiger partial charge in [0.05, 0.1) is 0 Å². The SMILES string of the molecule is C=CC1CN(C(=O)OCC(Cl)(Cl)Cl)CC1CN1CCC(c2ccc(F)cc2)CC1. The number of nitrogens with zero attached hydrogens (tertiary/aromatic N) is 2. The van der Waals surface area contributed by atoms with Gasteiger partial charge in [0.1, 0.15) is 12.4 Å². The topological polar surface area (TPSA) is 32.8 Å². The van der Waals surface area contributed by atoms with Crippen LogP contribution in [0, 0.1) is 17.7 Å². The first kappa shape index (κ1) is 22.7. The van der Waals surface area contributed by atoms with Crippen LogP contribution in [0.15, 0.2) is 36.9 Å². The average molecular weight is 464 g/mol. The number of piperidine rings is 1. The fourth-order valence-electron chi connectivity index (χ4n) is 4.26. The molecule has 0 spiro atoms. The molecular formula is C21H26Cl3FN2O2. The third-order valence-electron chi connectivity index (χ3n) is 5.83. The first-order valence-electron chi connectivity index (χ1n) is 9.84. The minimum atomic E-state index is -1.61. The Morgan fingerprint density at radius 2 is 1.86 bits per heavy atom. The number of alkyl halides is 3. The number of halogens is 4. The smallest absolute Gasteiger partial charge is 0.409 e. The van der Waals surface area contributed by atoms with Gasteiger partial charge in [0.15, 0.2) is 0 Å². The lowest BCUT2D eigenvalue weighted by molar-refractivity contribution is 0.109. The molecule has 1 aromatic carbocycles. The quantitative estimate of drug-likeness (QED) is 0.442. The Morgan fingerprint density at radius 1 is 1.21 bits per heavy atom. The molecule has 2 unspecified atom stereocenters. The molecule has 8 heteroatoms. The fraction of sp³-hybridized carbons (Fsp3) is 0.571. The maximum Gasteiger partial charge on any atom is 0.409 e. The van der Waals surface area contributed by atoms with Gasteiger partial charge >= 0.3 is 6.09 Å². The van der Waals surface area contributed by atoms with E-state index in [9.17, 15) is 9.18 Å². The number of hydrogen-bond acceptors (Lipinski definition) is 3. The van der Waals surface area contributed by atoms with Crippen molar-refractivity contribution < 1.29 is 13.9 Å². The van der Waals surface area contributed by atoms with Crippen LogP contribution >= 0.6 is 34.8 Å². The summed E-state index contributed by atoms with van der Waals surface area (Å²) in [6.45, 7) is 7.71. The van der Waals surface area contributed by atoms with E-state index >= 15 is 0 Å². The third kappa shape index (κ3) is 6.48. The van der Waals surface area contributed by atoms with E-state index in [4.69, 9.17) is 39.5 Å². The van der Waals surface area contributed by atoms with E-state index in [1.165, 1.54) is 17.7 Å². The zero-order chi connectivity index (χ0) is 21.0. The van der Waals surface area contributed by atoms with Gasteiger partial charge in [0.25, 0.3) is 0 Å². The van der Waals surface area contributed by atoms with E-state index in [0.717, 1.165) is 32.5 Å². The predicted octanol–water partition coefficient (Wildman–Crippen LogP) is 5.25. The number of hydrogen-bond donors (Lipinski definition) is 0. The predicted molar refractivity (Wildman–Crippen MR) is 115 cm³/mol. The highest BCUT2D eigenvalue weighted by Crippen LogP contribution is 2.32. The third-order valence-corrected chi connectivity index (χ3v) is 6.16. The number of carbonyl (C=O) groups is 1. The molecule has 2 fully saturated rings. The number of rotatable bonds is 5. The molecule has 2 atom stereocenters. The van der Waals surface area contributed by atoms with Gasteiger partial charge in [0.2, 0.25) is 3.79 Å². The average Bonchev–Trinajstić information content (AvgIpc) is 3.10. The van der Waals surface area contributed by atoms with Gasteiger partial charge in [-0.1, -0.05) is 53.0 Å². The fourth-order valence-corrected chi connectivity index (χ4v) is 4.42. The second-order valence-corrected chi connectivity index (χ2v) is 10.4. The van der Waals surface area contributed by atoms with Crippen LogP contribution in [0.2, 0.25) is 0 Å². The van der Waals surface area contributed by atoms with Crippen LogP contribution in [0.1, 0.15) is 24.3 Å². The highest BCUT2D eigenvalue weighted by Gasteiger charge is 2.36. The van der Waals surface area contributed by atoms with Gasteiger partial charge in [-0.2, -0.15) is 0 Å². The van der Waals surface area contributed by atoms with E-state index < -0.39 is 9.89 Å². The molecule has 1 aromatic rings. The van der Waals surface area contributed by atoms with Crippen molar-refractivity contribution in [3.63, 3.8) is 0 Å². The van der Waals surface area contributed by atoms with Crippen molar-refractivity contribution in [3.8, 4) is 0 Å². The molecule has 2 heterocycles. The summed E-state index contributed by atoms with van der Waals surface area (Å²) in [5.41, 5.74) is 1.21. The number of likely N-dealkylation sites (tertiary alicyclic amines) is 2. The number of benzene rings is 1. The zero-order valence-corrected chi connectivity index (χ0v) is 18.5. The molecule has 3 rings (SSSR count). The minimum absolute atomic E-state index is 0.195. The standard InChI is InChI=1S/C21H26Cl3FN2O2/c1-2-15-12-27(20(28)29-14-21(22,23)24)13-18(15)11-26-9-7-17(8-10-26)16-3-5-19(25)6-4-16/h2-6,15,17-18H,1,7-14H2. The summed E-state index contributed by atoms with van der Waals surface area (Å²) in [7, 11) is 0. The summed E-state index contributed by atoms with van der Waals surface area (Å²) in [5.74, 6) is 0.791. The zero-order valence-electron chi connectivity index (χ0n) is 16.2. The van der Waals surface area contributed by atoms with Gasteiger partial charge < -0.3 is 14.5 Å². The first-order valence-corrected chi connectivity index (χ1v) is 11.0. The maximum atomic E-state index is 13.1. The van der Waals surface area contributed by atoms with Crippen LogP contribution in [0.5, 0.6) is 0 Å². The Balaban J connectivity index is 1.49. The molecule has 4 nitrogen and oxygen atoms in total. The lowest BCUT2D eigenvalue weighted by Crippen LogP contribution is -2.38. The van der Waals surface area contributed by atoms with Crippen LogP contribution in [-0.2, 0) is 4.74 Å². The molecule has 0 radical (unpaired) electrons. The molecule has 0 saturated carbocycles. The van der Waals surface area contributed by atoms with Crippen LogP contribution in [0.25, 0.3) is 0 Å². The summed E-state index contributed by atoms with van der Waals surface area (Å²) in [4.78, 5) is 16.4. The van der Waals surface area contributed by atoms with E-state index in [1.807, 2.05) is 18.2 Å². The van der Waals surface area contributed by atoms with Gasteiger partial charge in [-0.15, -0.1) is 6.58 Å². The Bertz CT molecular complexity index is 703. The van der Waals surface area contributed by atoms with Crippen molar-refractivity contribution >= 4 is 40.9 Å². The molecule has 2 saturated heterocycles. The van der Waals surface area contributed by atoms with Gasteiger partial charge in [-0.3, -0.25) is 0 Å². The van der Waals surface area contributed by atoms with Crippen molar-refractivity contribution in [2.75, 3.05) is 39.3 Å². The van der Waals surface area contributed by atoms with E-state index in [0.29, 0.717) is 24.9 Å². The Hall–Kier alpha value is -1.01. The molecule has 0 aromatic heterocycles. The number of amides is 1. The van der Waals surface area contributed by atoms with E-state index in [1.54, 1.807) is 4.90 Å². The van der Waals surface area contributed by atoms with Crippen LogP contribution in [-0.4, -0.2) is 59.0 Å². The van der Waals surface area contributed by atoms with Crippen LogP contribution in [0.4, 0.5) is 9.18 Å².